The Morgan fingerprint density at radius 1 is 1.12 bits per heavy atom. The van der Waals surface area contributed by atoms with E-state index in [2.05, 4.69) is 10.0 Å². The van der Waals surface area contributed by atoms with E-state index < -0.39 is 10.0 Å². The number of benzene rings is 2. The van der Waals surface area contributed by atoms with Crippen LogP contribution in [0.2, 0.25) is 0 Å². The molecule has 0 aliphatic heterocycles. The van der Waals surface area contributed by atoms with Crippen molar-refractivity contribution >= 4 is 15.9 Å². The number of carbonyl (C=O) groups excluding carboxylic acids is 1. The Hall–Kier alpha value is -3.14. The zero-order valence-corrected chi connectivity index (χ0v) is 20.0. The second kappa shape index (κ2) is 10.7. The number of hydrogen-bond acceptors (Lipinski definition) is 6. The summed E-state index contributed by atoms with van der Waals surface area (Å²) in [6.07, 6.45) is 1.48. The van der Waals surface area contributed by atoms with Gasteiger partial charge in [-0.15, -0.1) is 0 Å². The summed E-state index contributed by atoms with van der Waals surface area (Å²) in [6.45, 7) is 2.15. The zero-order valence-electron chi connectivity index (χ0n) is 19.2. The maximum atomic E-state index is 13.0. The van der Waals surface area contributed by atoms with Crippen LogP contribution in [0.5, 0.6) is 5.75 Å². The predicted molar refractivity (Wildman–Crippen MR) is 126 cm³/mol. The summed E-state index contributed by atoms with van der Waals surface area (Å²) in [4.78, 5) is 15.0. The van der Waals surface area contributed by atoms with Gasteiger partial charge in [0.1, 0.15) is 11.5 Å². The van der Waals surface area contributed by atoms with Gasteiger partial charge in [0.05, 0.1) is 30.9 Å². The van der Waals surface area contributed by atoms with Crippen molar-refractivity contribution in [3.8, 4) is 5.75 Å². The van der Waals surface area contributed by atoms with Gasteiger partial charge in [-0.25, -0.2) is 13.1 Å². The maximum absolute atomic E-state index is 13.0. The van der Waals surface area contributed by atoms with Gasteiger partial charge in [0.2, 0.25) is 10.0 Å². The van der Waals surface area contributed by atoms with Gasteiger partial charge in [-0.2, -0.15) is 0 Å². The first kappa shape index (κ1) is 24.5. The summed E-state index contributed by atoms with van der Waals surface area (Å²) >= 11 is 0. The lowest BCUT2D eigenvalue weighted by Gasteiger charge is -2.25. The molecule has 2 N–H and O–H groups in total. The van der Waals surface area contributed by atoms with Crippen molar-refractivity contribution in [1.82, 2.24) is 14.9 Å². The fourth-order valence-electron chi connectivity index (χ4n) is 3.38. The highest BCUT2D eigenvalue weighted by atomic mass is 32.2. The average molecular weight is 472 g/mol. The normalized spacial score (nSPS) is 12.5. The Morgan fingerprint density at radius 2 is 1.85 bits per heavy atom. The van der Waals surface area contributed by atoms with Crippen molar-refractivity contribution in [2.24, 2.45) is 0 Å². The van der Waals surface area contributed by atoms with E-state index in [1.807, 2.05) is 43.3 Å². The summed E-state index contributed by atoms with van der Waals surface area (Å²) in [7, 11) is 1.67. The number of sulfonamides is 1. The van der Waals surface area contributed by atoms with E-state index in [1.54, 1.807) is 32.2 Å². The van der Waals surface area contributed by atoms with Gasteiger partial charge < -0.3 is 19.4 Å². The second-order valence-electron chi connectivity index (χ2n) is 7.84. The SMILES string of the molecule is COc1ccc([C@@H](CNC(=O)c2cc(S(=O)(=O)NCc3ccco3)ccc2C)N(C)C)cc1. The van der Waals surface area contributed by atoms with E-state index in [0.29, 0.717) is 23.4 Å². The maximum Gasteiger partial charge on any atom is 0.251 e. The highest BCUT2D eigenvalue weighted by molar-refractivity contribution is 7.89. The minimum absolute atomic E-state index is 0.0177. The van der Waals surface area contributed by atoms with Crippen molar-refractivity contribution in [3.63, 3.8) is 0 Å². The molecule has 0 aliphatic rings. The van der Waals surface area contributed by atoms with Gasteiger partial charge in [0.15, 0.2) is 0 Å². The lowest BCUT2D eigenvalue weighted by atomic mass is 10.0. The number of nitrogens with zero attached hydrogens (tertiary/aromatic N) is 1. The number of rotatable bonds is 10. The molecule has 176 valence electrons. The van der Waals surface area contributed by atoms with Crippen LogP contribution in [0, 0.1) is 6.92 Å². The molecule has 33 heavy (non-hydrogen) atoms. The summed E-state index contributed by atoms with van der Waals surface area (Å²) in [5.74, 6) is 0.919. The van der Waals surface area contributed by atoms with Crippen molar-refractivity contribution in [1.29, 1.82) is 0 Å². The van der Waals surface area contributed by atoms with Gasteiger partial charge >= 0.3 is 0 Å². The lowest BCUT2D eigenvalue weighted by Crippen LogP contribution is -2.35. The Bertz CT molecular complexity index is 1170. The van der Waals surface area contributed by atoms with Gasteiger partial charge in [-0.3, -0.25) is 4.79 Å². The van der Waals surface area contributed by atoms with Crippen molar-refractivity contribution in [2.75, 3.05) is 27.7 Å². The monoisotopic (exact) mass is 471 g/mol. The number of carbonyl (C=O) groups is 1. The van der Waals surface area contributed by atoms with Gasteiger partial charge in [0, 0.05) is 12.1 Å². The van der Waals surface area contributed by atoms with E-state index in [9.17, 15) is 13.2 Å². The Balaban J connectivity index is 1.73. The molecule has 3 rings (SSSR count). The third-order valence-corrected chi connectivity index (χ3v) is 6.76. The van der Waals surface area contributed by atoms with Crippen LogP contribution in [-0.4, -0.2) is 47.0 Å². The molecule has 0 fully saturated rings. The molecule has 0 unspecified atom stereocenters. The van der Waals surface area contributed by atoms with E-state index in [-0.39, 0.29) is 23.4 Å². The van der Waals surface area contributed by atoms with Crippen molar-refractivity contribution in [2.45, 2.75) is 24.4 Å². The Labute approximate surface area is 194 Å². The number of methoxy groups -OCH3 is 1. The van der Waals surface area contributed by atoms with Crippen LogP contribution >= 0.6 is 0 Å². The molecule has 0 spiro atoms. The van der Waals surface area contributed by atoms with Crippen LogP contribution in [0.4, 0.5) is 0 Å². The summed E-state index contributed by atoms with van der Waals surface area (Å²) in [5.41, 5.74) is 2.02. The molecule has 0 aliphatic carbocycles. The molecule has 8 nitrogen and oxygen atoms in total. The third-order valence-electron chi connectivity index (χ3n) is 5.36. The molecule has 1 atom stereocenters. The number of hydrogen-bond donors (Lipinski definition) is 2. The molecule has 0 bridgehead atoms. The number of amides is 1. The smallest absolute Gasteiger partial charge is 0.251 e. The van der Waals surface area contributed by atoms with E-state index in [4.69, 9.17) is 9.15 Å². The summed E-state index contributed by atoms with van der Waals surface area (Å²) < 4.78 is 38.3. The van der Waals surface area contributed by atoms with Crippen LogP contribution in [0.25, 0.3) is 0 Å². The highest BCUT2D eigenvalue weighted by Crippen LogP contribution is 2.21. The second-order valence-corrected chi connectivity index (χ2v) is 9.61. The minimum atomic E-state index is -3.81. The topological polar surface area (TPSA) is 101 Å². The summed E-state index contributed by atoms with van der Waals surface area (Å²) in [6, 6.07) is 15.5. The molecule has 3 aromatic rings. The number of furan rings is 1. The van der Waals surface area contributed by atoms with Crippen molar-refractivity contribution < 1.29 is 22.4 Å². The molecule has 0 saturated carbocycles. The highest BCUT2D eigenvalue weighted by Gasteiger charge is 2.20. The predicted octanol–water partition coefficient (Wildman–Crippen LogP) is 3.11. The standard InChI is InChI=1S/C24H29N3O5S/c1-17-7-12-21(33(29,30)26-15-20-6-5-13-32-20)14-22(17)24(28)25-16-23(27(2)3)18-8-10-19(31-4)11-9-18/h5-14,23,26H,15-16H2,1-4H3,(H,25,28)/t23-/m1/s1. The summed E-state index contributed by atoms with van der Waals surface area (Å²) in [5, 5.41) is 2.94. The quantitative estimate of drug-likeness (QED) is 0.471. The molecule has 1 aromatic heterocycles. The zero-order chi connectivity index (χ0) is 24.0. The molecule has 9 heteroatoms. The fourth-order valence-corrected chi connectivity index (χ4v) is 4.40. The van der Waals surface area contributed by atoms with Gasteiger partial charge in [0.25, 0.3) is 5.91 Å². The molecular weight excluding hydrogens is 442 g/mol. The molecular formula is C24H29N3O5S. The number of ether oxygens (including phenoxy) is 1. The molecule has 0 saturated heterocycles. The van der Waals surface area contributed by atoms with Gasteiger partial charge in [-0.05, 0) is 68.5 Å². The first-order valence-corrected chi connectivity index (χ1v) is 11.9. The lowest BCUT2D eigenvalue weighted by molar-refractivity contribution is 0.0941. The number of aryl methyl sites for hydroxylation is 1. The van der Waals surface area contributed by atoms with Crippen molar-refractivity contribution in [3.05, 3.63) is 83.3 Å². The minimum Gasteiger partial charge on any atom is -0.497 e. The first-order chi connectivity index (χ1) is 15.7. The fraction of sp³-hybridized carbons (Fsp3) is 0.292. The van der Waals surface area contributed by atoms with Gasteiger partial charge in [-0.1, -0.05) is 18.2 Å². The van der Waals surface area contributed by atoms with E-state index >= 15 is 0 Å². The average Bonchev–Trinajstić information content (AvgIpc) is 3.32. The molecule has 2 aromatic carbocycles. The van der Waals surface area contributed by atoms with Crippen LogP contribution in [0.15, 0.2) is 70.2 Å². The molecule has 1 amide bonds. The molecule has 0 radical (unpaired) electrons. The van der Waals surface area contributed by atoms with Crippen LogP contribution < -0.4 is 14.8 Å². The Kier molecular flexibility index (Phi) is 7.91. The largest absolute Gasteiger partial charge is 0.497 e. The van der Waals surface area contributed by atoms with Crippen LogP contribution in [-0.2, 0) is 16.6 Å². The molecule has 1 heterocycles. The van der Waals surface area contributed by atoms with Crippen LogP contribution in [0.1, 0.15) is 33.3 Å². The van der Waals surface area contributed by atoms with E-state index in [0.717, 1.165) is 11.3 Å². The Morgan fingerprint density at radius 3 is 2.45 bits per heavy atom. The first-order valence-electron chi connectivity index (χ1n) is 10.4. The van der Waals surface area contributed by atoms with Crippen LogP contribution in [0.3, 0.4) is 0 Å². The number of nitrogens with one attached hydrogen (secondary N) is 2. The van der Waals surface area contributed by atoms with E-state index in [1.165, 1.54) is 18.4 Å². The number of likely N-dealkylation sites (N-methyl/N-ethyl adjacent to an activating group) is 1. The third kappa shape index (κ3) is 6.22.